The Morgan fingerprint density at radius 1 is 1.15 bits per heavy atom. The third-order valence-corrected chi connectivity index (χ3v) is 7.50. The van der Waals surface area contributed by atoms with Gasteiger partial charge in [-0.1, -0.05) is 26.8 Å². The van der Waals surface area contributed by atoms with Gasteiger partial charge in [0, 0.05) is 25.7 Å². The van der Waals surface area contributed by atoms with Crippen LogP contribution in [0.5, 0.6) is 5.75 Å². The highest BCUT2D eigenvalue weighted by atomic mass is 32.2. The number of carbonyl (C=O) groups excluding carboxylic acids is 2. The number of rotatable bonds is 8. The molecule has 0 aromatic heterocycles. The number of amides is 1. The smallest absolute Gasteiger partial charge is 0.255 e. The number of Topliss-reactive ketones (excluding diaryl/α,β-unsaturated/α-hetero) is 1. The lowest BCUT2D eigenvalue weighted by atomic mass is 9.86. The third kappa shape index (κ3) is 6.46. The van der Waals surface area contributed by atoms with E-state index in [2.05, 4.69) is 26.0 Å². The van der Waals surface area contributed by atoms with Gasteiger partial charge >= 0.3 is 0 Å². The average molecular weight is 584 g/mol. The number of amidine groups is 1. The molecule has 2 aliphatic rings. The molecule has 4 N–H and O–H groups in total. The Bertz CT molecular complexity index is 1560. The van der Waals surface area contributed by atoms with Crippen LogP contribution in [0.1, 0.15) is 49.2 Å². The first-order chi connectivity index (χ1) is 19.1. The molecule has 1 atom stereocenters. The van der Waals surface area contributed by atoms with Crippen LogP contribution in [0.3, 0.4) is 0 Å². The number of carbonyl (C=O) groups is 2. The second kappa shape index (κ2) is 11.1. The lowest BCUT2D eigenvalue weighted by Crippen LogP contribution is -2.43. The first-order valence-corrected chi connectivity index (χ1v) is 14.9. The number of ether oxygens (including phenoxy) is 1. The maximum Gasteiger partial charge on any atom is 0.255 e. The summed E-state index contributed by atoms with van der Waals surface area (Å²) in [6.07, 6.45) is 2.94. The summed E-state index contributed by atoms with van der Waals surface area (Å²) in [6, 6.07) is 8.68. The Kier molecular flexibility index (Phi) is 8.05. The number of aliphatic imine (C=N–C) groups is 1. The highest BCUT2D eigenvalue weighted by Crippen LogP contribution is 2.39. The van der Waals surface area contributed by atoms with E-state index in [1.807, 2.05) is 51.9 Å². The van der Waals surface area contributed by atoms with Gasteiger partial charge in [0.1, 0.15) is 0 Å². The molecule has 4 rings (SSSR count). The van der Waals surface area contributed by atoms with E-state index in [9.17, 15) is 18.0 Å². The van der Waals surface area contributed by atoms with E-state index in [0.29, 0.717) is 23.6 Å². The molecular formula is C28H37N7O5S. The van der Waals surface area contributed by atoms with Gasteiger partial charge in [-0.3, -0.25) is 24.3 Å². The summed E-state index contributed by atoms with van der Waals surface area (Å²) >= 11 is 0. The monoisotopic (exact) mass is 583 g/mol. The topological polar surface area (TPSA) is 144 Å². The van der Waals surface area contributed by atoms with Crippen molar-refractivity contribution < 1.29 is 22.7 Å². The van der Waals surface area contributed by atoms with E-state index in [0.717, 1.165) is 28.8 Å². The van der Waals surface area contributed by atoms with Gasteiger partial charge in [0.15, 0.2) is 17.4 Å². The number of likely N-dealkylation sites (N-methyl/N-ethyl adjacent to an activating group) is 1. The number of ketones is 1. The molecule has 0 fully saturated rings. The van der Waals surface area contributed by atoms with Crippen LogP contribution in [0.25, 0.3) is 0 Å². The molecule has 0 bridgehead atoms. The van der Waals surface area contributed by atoms with Gasteiger partial charge in [-0.2, -0.15) is 0 Å². The maximum absolute atomic E-state index is 13.5. The van der Waals surface area contributed by atoms with Crippen molar-refractivity contribution in [2.75, 3.05) is 42.0 Å². The van der Waals surface area contributed by atoms with Crippen LogP contribution in [0.15, 0.2) is 47.2 Å². The van der Waals surface area contributed by atoms with E-state index in [4.69, 9.17) is 4.74 Å². The van der Waals surface area contributed by atoms with E-state index in [1.165, 1.54) is 14.0 Å². The van der Waals surface area contributed by atoms with Gasteiger partial charge in [-0.05, 0) is 47.7 Å². The van der Waals surface area contributed by atoms with Crippen molar-refractivity contribution in [3.63, 3.8) is 0 Å². The van der Waals surface area contributed by atoms with Crippen molar-refractivity contribution in [1.82, 2.24) is 15.9 Å². The second-order valence-electron chi connectivity index (χ2n) is 11.2. The van der Waals surface area contributed by atoms with Crippen LogP contribution in [-0.2, 0) is 20.2 Å². The number of anilines is 3. The highest BCUT2D eigenvalue weighted by molar-refractivity contribution is 7.92. The Morgan fingerprint density at radius 2 is 1.83 bits per heavy atom. The fourth-order valence-corrected chi connectivity index (χ4v) is 5.25. The summed E-state index contributed by atoms with van der Waals surface area (Å²) in [5.41, 5.74) is 10.2. The zero-order valence-electron chi connectivity index (χ0n) is 24.5. The van der Waals surface area contributed by atoms with Crippen molar-refractivity contribution in [2.45, 2.75) is 46.1 Å². The first kappa shape index (κ1) is 29.9. The van der Waals surface area contributed by atoms with Crippen LogP contribution in [0.2, 0.25) is 0 Å². The SMILES string of the molecule is COc1c(NC(=O)c2ccc(C)c(N3C=C(C4CN=C(C(C)=O)N4C)NN3)c2)cc(C(C)(C)C)cc1NS(C)(=O)=O. The third-order valence-electron chi connectivity index (χ3n) is 6.91. The van der Waals surface area contributed by atoms with E-state index < -0.39 is 15.9 Å². The van der Waals surface area contributed by atoms with E-state index >= 15 is 0 Å². The minimum Gasteiger partial charge on any atom is -0.492 e. The van der Waals surface area contributed by atoms with E-state index in [1.54, 1.807) is 29.3 Å². The quantitative estimate of drug-likeness (QED) is 0.369. The van der Waals surface area contributed by atoms with Crippen molar-refractivity contribution in [1.29, 1.82) is 0 Å². The standard InChI is InChI=1S/C28H37N7O5S/c1-16-9-10-18(11-23(16)35-15-22(31-33-35)24-14-29-26(17(2)36)34(24)6)27(37)30-20-12-19(28(3,4)5)13-21(25(20)40-7)32-41(8,38)39/h9-13,15,24,31-33H,14H2,1-8H3,(H,30,37). The van der Waals surface area contributed by atoms with Gasteiger partial charge in [-0.25, -0.2) is 8.42 Å². The molecule has 0 saturated heterocycles. The average Bonchev–Trinajstić information content (AvgIpc) is 3.49. The largest absolute Gasteiger partial charge is 0.492 e. The van der Waals surface area contributed by atoms with Crippen molar-refractivity contribution in [3.8, 4) is 5.75 Å². The Hall–Kier alpha value is -4.10. The predicted molar refractivity (Wildman–Crippen MR) is 161 cm³/mol. The molecule has 13 heteroatoms. The van der Waals surface area contributed by atoms with E-state index in [-0.39, 0.29) is 28.7 Å². The Balaban J connectivity index is 1.63. The lowest BCUT2D eigenvalue weighted by Gasteiger charge is -2.24. The molecule has 0 spiro atoms. The van der Waals surface area contributed by atoms with Gasteiger partial charge in [0.25, 0.3) is 5.91 Å². The molecule has 2 heterocycles. The molecule has 0 radical (unpaired) electrons. The molecular weight excluding hydrogens is 546 g/mol. The molecule has 1 amide bonds. The molecule has 220 valence electrons. The van der Waals surface area contributed by atoms with Gasteiger partial charge in [-0.15, -0.1) is 5.53 Å². The van der Waals surface area contributed by atoms with Gasteiger partial charge in [0.2, 0.25) is 10.0 Å². The summed E-state index contributed by atoms with van der Waals surface area (Å²) in [7, 11) is -0.354. The minimum absolute atomic E-state index is 0.0862. The number of methoxy groups -OCH3 is 1. The normalized spacial score (nSPS) is 17.1. The molecule has 2 aromatic carbocycles. The molecule has 2 aromatic rings. The Morgan fingerprint density at radius 3 is 2.41 bits per heavy atom. The zero-order chi connectivity index (χ0) is 30.3. The number of hydrazine groups is 2. The lowest BCUT2D eigenvalue weighted by molar-refractivity contribution is -0.111. The first-order valence-electron chi connectivity index (χ1n) is 13.0. The maximum atomic E-state index is 13.5. The fourth-order valence-electron chi connectivity index (χ4n) is 4.70. The summed E-state index contributed by atoms with van der Waals surface area (Å²) in [4.78, 5) is 31.6. The number of nitrogens with one attached hydrogen (secondary N) is 4. The van der Waals surface area contributed by atoms with Crippen LogP contribution in [0, 0.1) is 6.92 Å². The molecule has 12 nitrogen and oxygen atoms in total. The highest BCUT2D eigenvalue weighted by Gasteiger charge is 2.32. The number of nitrogens with zero attached hydrogens (tertiary/aromatic N) is 3. The van der Waals surface area contributed by atoms with Crippen LogP contribution in [-0.4, -0.2) is 63.8 Å². The van der Waals surface area contributed by atoms with Crippen molar-refractivity contribution >= 4 is 44.6 Å². The predicted octanol–water partition coefficient (Wildman–Crippen LogP) is 2.90. The number of aryl methyl sites for hydroxylation is 1. The number of hydrogen-bond acceptors (Lipinski definition) is 10. The van der Waals surface area contributed by atoms with Crippen LogP contribution in [0.4, 0.5) is 17.1 Å². The van der Waals surface area contributed by atoms with Crippen LogP contribution < -0.4 is 30.7 Å². The number of sulfonamides is 1. The van der Waals surface area contributed by atoms with Crippen molar-refractivity contribution in [2.24, 2.45) is 4.99 Å². The van der Waals surface area contributed by atoms with Crippen LogP contribution >= 0.6 is 0 Å². The molecule has 0 saturated carbocycles. The number of benzene rings is 2. The minimum atomic E-state index is -3.60. The molecule has 2 aliphatic heterocycles. The summed E-state index contributed by atoms with van der Waals surface area (Å²) in [5.74, 6) is 0.158. The van der Waals surface area contributed by atoms with Gasteiger partial charge < -0.3 is 20.4 Å². The van der Waals surface area contributed by atoms with Crippen molar-refractivity contribution in [3.05, 3.63) is 58.9 Å². The summed E-state index contributed by atoms with van der Waals surface area (Å²) < 4.78 is 32.1. The second-order valence-corrected chi connectivity index (χ2v) is 13.0. The molecule has 41 heavy (non-hydrogen) atoms. The summed E-state index contributed by atoms with van der Waals surface area (Å²) in [6.45, 7) is 9.86. The van der Waals surface area contributed by atoms with Gasteiger partial charge in [0.05, 0.1) is 48.7 Å². The summed E-state index contributed by atoms with van der Waals surface area (Å²) in [5, 5.41) is 4.68. The molecule has 1 unspecified atom stereocenters. The Labute approximate surface area is 240 Å². The molecule has 0 aliphatic carbocycles. The zero-order valence-corrected chi connectivity index (χ0v) is 25.4. The number of hydrogen-bond donors (Lipinski definition) is 4. The fraction of sp³-hybridized carbons (Fsp3) is 0.393.